The summed E-state index contributed by atoms with van der Waals surface area (Å²) in [6.07, 6.45) is 0. The van der Waals surface area contributed by atoms with Gasteiger partial charge >= 0.3 is 0 Å². The second-order valence-electron chi connectivity index (χ2n) is 4.77. The first-order chi connectivity index (χ1) is 10.2. The van der Waals surface area contributed by atoms with Crippen molar-refractivity contribution in [3.8, 4) is 22.7 Å². The van der Waals surface area contributed by atoms with Crippen LogP contribution in [0.3, 0.4) is 0 Å². The van der Waals surface area contributed by atoms with Crippen LogP contribution in [-0.4, -0.2) is 22.1 Å². The molecule has 0 radical (unpaired) electrons. The van der Waals surface area contributed by atoms with Gasteiger partial charge in [0.05, 0.1) is 12.8 Å². The van der Waals surface area contributed by atoms with Crippen LogP contribution in [0.4, 0.5) is 5.82 Å². The molecule has 5 heteroatoms. The second kappa shape index (κ2) is 5.28. The van der Waals surface area contributed by atoms with Crippen molar-refractivity contribution in [1.29, 1.82) is 0 Å². The van der Waals surface area contributed by atoms with Gasteiger partial charge in [-0.3, -0.25) is 0 Å². The number of nitrogen functional groups attached to an aromatic ring is 1. The zero-order valence-electron chi connectivity index (χ0n) is 11.9. The Labute approximate surface area is 123 Å². The van der Waals surface area contributed by atoms with Gasteiger partial charge in [-0.05, 0) is 31.2 Å². The number of aryl methyl sites for hydroxylation is 1. The minimum atomic E-state index is 0.491. The Kier molecular flexibility index (Phi) is 3.31. The minimum Gasteiger partial charge on any atom is -0.496 e. The van der Waals surface area contributed by atoms with Gasteiger partial charge in [-0.1, -0.05) is 35.0 Å². The summed E-state index contributed by atoms with van der Waals surface area (Å²) >= 11 is 0. The second-order valence-corrected chi connectivity index (χ2v) is 4.77. The molecule has 1 heterocycles. The number of ether oxygens (including phenoxy) is 1. The van der Waals surface area contributed by atoms with Crippen LogP contribution in [0.5, 0.6) is 5.75 Å². The molecule has 3 aromatic rings. The van der Waals surface area contributed by atoms with Crippen molar-refractivity contribution in [3.05, 3.63) is 54.1 Å². The van der Waals surface area contributed by atoms with Crippen LogP contribution in [0.2, 0.25) is 0 Å². The van der Waals surface area contributed by atoms with Gasteiger partial charge < -0.3 is 10.5 Å². The SMILES string of the molecule is COc1ccc(C)cc1-c1nnn(-c2ccccc2)c1N. The predicted octanol–water partition coefficient (Wildman–Crippen LogP) is 2.83. The van der Waals surface area contributed by atoms with Crippen molar-refractivity contribution < 1.29 is 4.74 Å². The molecule has 0 aliphatic rings. The molecular formula is C16H16N4O. The Morgan fingerprint density at radius 2 is 1.86 bits per heavy atom. The number of hydrogen-bond acceptors (Lipinski definition) is 4. The molecule has 0 aliphatic carbocycles. The van der Waals surface area contributed by atoms with Crippen LogP contribution in [0.15, 0.2) is 48.5 Å². The highest BCUT2D eigenvalue weighted by Gasteiger charge is 2.16. The lowest BCUT2D eigenvalue weighted by Gasteiger charge is -2.08. The van der Waals surface area contributed by atoms with Crippen LogP contribution in [-0.2, 0) is 0 Å². The summed E-state index contributed by atoms with van der Waals surface area (Å²) in [5.41, 5.74) is 9.68. The summed E-state index contributed by atoms with van der Waals surface area (Å²) in [6.45, 7) is 2.01. The summed E-state index contributed by atoms with van der Waals surface area (Å²) in [4.78, 5) is 0. The maximum absolute atomic E-state index is 6.22. The number of hydrogen-bond donors (Lipinski definition) is 1. The van der Waals surface area contributed by atoms with Crippen LogP contribution in [0, 0.1) is 6.92 Å². The summed E-state index contributed by atoms with van der Waals surface area (Å²) < 4.78 is 7.01. The highest BCUT2D eigenvalue weighted by atomic mass is 16.5. The first-order valence-corrected chi connectivity index (χ1v) is 6.62. The minimum absolute atomic E-state index is 0.491. The van der Waals surface area contributed by atoms with Crippen molar-refractivity contribution in [1.82, 2.24) is 15.0 Å². The molecule has 2 N–H and O–H groups in total. The van der Waals surface area contributed by atoms with Crippen LogP contribution in [0.25, 0.3) is 16.9 Å². The maximum Gasteiger partial charge on any atom is 0.156 e. The Balaban J connectivity index is 2.14. The molecule has 0 bridgehead atoms. The van der Waals surface area contributed by atoms with Crippen molar-refractivity contribution in [2.45, 2.75) is 6.92 Å². The first-order valence-electron chi connectivity index (χ1n) is 6.62. The van der Waals surface area contributed by atoms with Gasteiger partial charge in [0.15, 0.2) is 5.82 Å². The van der Waals surface area contributed by atoms with Crippen molar-refractivity contribution >= 4 is 5.82 Å². The average Bonchev–Trinajstić information content (AvgIpc) is 2.89. The van der Waals surface area contributed by atoms with E-state index >= 15 is 0 Å². The molecule has 3 rings (SSSR count). The topological polar surface area (TPSA) is 66.0 Å². The van der Waals surface area contributed by atoms with Crippen LogP contribution in [0.1, 0.15) is 5.56 Å². The number of methoxy groups -OCH3 is 1. The highest BCUT2D eigenvalue weighted by Crippen LogP contribution is 2.33. The lowest BCUT2D eigenvalue weighted by molar-refractivity contribution is 0.416. The molecule has 0 unspecified atom stereocenters. The normalized spacial score (nSPS) is 10.6. The molecular weight excluding hydrogens is 264 g/mol. The summed E-state index contributed by atoms with van der Waals surface area (Å²) in [5.74, 6) is 1.22. The van der Waals surface area contributed by atoms with Gasteiger partial charge in [0.1, 0.15) is 11.4 Å². The van der Waals surface area contributed by atoms with Gasteiger partial charge in [-0.2, -0.15) is 4.68 Å². The third-order valence-electron chi connectivity index (χ3n) is 3.32. The largest absolute Gasteiger partial charge is 0.496 e. The zero-order chi connectivity index (χ0) is 14.8. The Hall–Kier alpha value is -2.82. The van der Waals surface area contributed by atoms with Crippen LogP contribution >= 0.6 is 0 Å². The zero-order valence-corrected chi connectivity index (χ0v) is 11.9. The lowest BCUT2D eigenvalue weighted by atomic mass is 10.1. The van der Waals surface area contributed by atoms with E-state index < -0.39 is 0 Å². The van der Waals surface area contributed by atoms with E-state index in [0.29, 0.717) is 11.5 Å². The highest BCUT2D eigenvalue weighted by molar-refractivity contribution is 5.76. The van der Waals surface area contributed by atoms with E-state index in [1.54, 1.807) is 11.8 Å². The fourth-order valence-electron chi connectivity index (χ4n) is 2.25. The van der Waals surface area contributed by atoms with E-state index in [9.17, 15) is 0 Å². The molecule has 0 saturated carbocycles. The van der Waals surface area contributed by atoms with Crippen molar-refractivity contribution in [2.24, 2.45) is 0 Å². The Morgan fingerprint density at radius 3 is 2.57 bits per heavy atom. The van der Waals surface area contributed by atoms with E-state index in [4.69, 9.17) is 10.5 Å². The fourth-order valence-corrected chi connectivity index (χ4v) is 2.25. The van der Waals surface area contributed by atoms with Gasteiger partial charge in [-0.25, -0.2) is 0 Å². The average molecular weight is 280 g/mol. The number of para-hydroxylation sites is 1. The molecule has 0 saturated heterocycles. The van der Waals surface area contributed by atoms with Crippen molar-refractivity contribution in [3.63, 3.8) is 0 Å². The molecule has 0 amide bonds. The molecule has 106 valence electrons. The summed E-state index contributed by atoms with van der Waals surface area (Å²) in [7, 11) is 1.63. The van der Waals surface area contributed by atoms with Gasteiger partial charge in [0, 0.05) is 5.56 Å². The van der Waals surface area contributed by atoms with Gasteiger partial charge in [0.2, 0.25) is 0 Å². The number of rotatable bonds is 3. The summed E-state index contributed by atoms with van der Waals surface area (Å²) in [5, 5.41) is 8.37. The number of anilines is 1. The molecule has 0 fully saturated rings. The third-order valence-corrected chi connectivity index (χ3v) is 3.32. The quantitative estimate of drug-likeness (QED) is 0.801. The Morgan fingerprint density at radius 1 is 1.10 bits per heavy atom. The summed E-state index contributed by atoms with van der Waals surface area (Å²) in [6, 6.07) is 15.6. The third kappa shape index (κ3) is 2.33. The maximum atomic E-state index is 6.22. The molecule has 0 spiro atoms. The Bertz CT molecular complexity index is 765. The molecule has 1 aromatic heterocycles. The molecule has 0 atom stereocenters. The molecule has 2 aromatic carbocycles. The van der Waals surface area contributed by atoms with E-state index in [1.807, 2.05) is 55.5 Å². The molecule has 0 aliphatic heterocycles. The first kappa shape index (κ1) is 13.2. The predicted molar refractivity (Wildman–Crippen MR) is 82.5 cm³/mol. The monoisotopic (exact) mass is 280 g/mol. The van der Waals surface area contributed by atoms with Gasteiger partial charge in [0.25, 0.3) is 0 Å². The number of nitrogens with zero attached hydrogens (tertiary/aromatic N) is 3. The van der Waals surface area contributed by atoms with E-state index in [-0.39, 0.29) is 0 Å². The van der Waals surface area contributed by atoms with E-state index in [2.05, 4.69) is 10.3 Å². The van der Waals surface area contributed by atoms with Crippen LogP contribution < -0.4 is 10.5 Å². The lowest BCUT2D eigenvalue weighted by Crippen LogP contribution is -2.02. The fraction of sp³-hybridized carbons (Fsp3) is 0.125. The smallest absolute Gasteiger partial charge is 0.156 e. The van der Waals surface area contributed by atoms with Crippen molar-refractivity contribution in [2.75, 3.05) is 12.8 Å². The number of nitrogens with two attached hydrogens (primary N) is 1. The van der Waals surface area contributed by atoms with E-state index in [0.717, 1.165) is 22.6 Å². The molecule has 21 heavy (non-hydrogen) atoms. The standard InChI is InChI=1S/C16H16N4O/c1-11-8-9-14(21-2)13(10-11)15-16(17)20(19-18-15)12-6-4-3-5-7-12/h3-10H,17H2,1-2H3. The molecule has 5 nitrogen and oxygen atoms in total. The van der Waals surface area contributed by atoms with E-state index in [1.165, 1.54) is 0 Å². The number of aromatic nitrogens is 3. The van der Waals surface area contributed by atoms with Gasteiger partial charge in [-0.15, -0.1) is 5.10 Å². The number of benzene rings is 2.